The van der Waals surface area contributed by atoms with Gasteiger partial charge in [-0.25, -0.2) is 9.37 Å². The van der Waals surface area contributed by atoms with E-state index in [1.54, 1.807) is 45.9 Å². The SMILES string of the molecule is CCC(=O)c1ccc(C)c(-c2cnc(NC(=O)[C@H](C)CC)c(=O)n2Cc2cc(C(=O)c3ccc(F)cc3)cc(C(F)(F)F)c2)c1. The molecule has 1 N–H and O–H groups in total. The average molecular weight is 622 g/mol. The first-order valence-electron chi connectivity index (χ1n) is 14.3. The van der Waals surface area contributed by atoms with Crippen LogP contribution in [0, 0.1) is 18.7 Å². The Balaban J connectivity index is 1.92. The van der Waals surface area contributed by atoms with Crippen molar-refractivity contribution >= 4 is 23.3 Å². The smallest absolute Gasteiger partial charge is 0.306 e. The number of nitrogens with one attached hydrogen (secondary N) is 1. The molecule has 0 bridgehead atoms. The fourth-order valence-corrected chi connectivity index (χ4v) is 4.67. The fourth-order valence-electron chi connectivity index (χ4n) is 4.67. The molecule has 1 aromatic heterocycles. The molecule has 0 radical (unpaired) electrons. The minimum atomic E-state index is -4.83. The van der Waals surface area contributed by atoms with Gasteiger partial charge in [-0.1, -0.05) is 32.9 Å². The number of amides is 1. The van der Waals surface area contributed by atoms with Crippen LogP contribution in [-0.2, 0) is 17.5 Å². The van der Waals surface area contributed by atoms with Crippen molar-refractivity contribution in [2.75, 3.05) is 5.32 Å². The molecule has 0 spiro atoms. The van der Waals surface area contributed by atoms with Gasteiger partial charge >= 0.3 is 6.18 Å². The minimum absolute atomic E-state index is 0.0217. The summed E-state index contributed by atoms with van der Waals surface area (Å²) in [6.45, 7) is 6.47. The molecule has 4 aromatic rings. The first-order valence-corrected chi connectivity index (χ1v) is 14.3. The highest BCUT2D eigenvalue weighted by atomic mass is 19.4. The van der Waals surface area contributed by atoms with E-state index in [-0.39, 0.29) is 40.4 Å². The lowest BCUT2D eigenvalue weighted by atomic mass is 9.97. The molecule has 7 nitrogen and oxygen atoms in total. The third kappa shape index (κ3) is 7.42. The summed E-state index contributed by atoms with van der Waals surface area (Å²) in [7, 11) is 0. The summed E-state index contributed by atoms with van der Waals surface area (Å²) < 4.78 is 56.7. The summed E-state index contributed by atoms with van der Waals surface area (Å²) in [6, 6.07) is 12.1. The summed E-state index contributed by atoms with van der Waals surface area (Å²) in [4.78, 5) is 56.4. The molecular weight excluding hydrogens is 590 g/mol. The Morgan fingerprint density at radius 3 is 2.22 bits per heavy atom. The van der Waals surface area contributed by atoms with Crippen LogP contribution in [-0.4, -0.2) is 27.0 Å². The van der Waals surface area contributed by atoms with Crippen molar-refractivity contribution in [2.24, 2.45) is 5.92 Å². The predicted molar refractivity (Wildman–Crippen MR) is 162 cm³/mol. The van der Waals surface area contributed by atoms with Crippen LogP contribution < -0.4 is 10.9 Å². The van der Waals surface area contributed by atoms with Crippen LogP contribution in [0.5, 0.6) is 0 Å². The number of anilines is 1. The van der Waals surface area contributed by atoms with Crippen LogP contribution in [0.25, 0.3) is 11.3 Å². The highest BCUT2D eigenvalue weighted by Crippen LogP contribution is 2.32. The second-order valence-corrected chi connectivity index (χ2v) is 10.7. The summed E-state index contributed by atoms with van der Waals surface area (Å²) in [5, 5.41) is 2.51. The number of hydrogen-bond donors (Lipinski definition) is 1. The molecule has 0 saturated heterocycles. The van der Waals surface area contributed by atoms with Crippen LogP contribution in [0.2, 0.25) is 0 Å². The number of carbonyl (C=O) groups excluding carboxylic acids is 3. The molecule has 4 rings (SSSR count). The van der Waals surface area contributed by atoms with Gasteiger partial charge in [-0.15, -0.1) is 0 Å². The predicted octanol–water partition coefficient (Wildman–Crippen LogP) is 7.23. The van der Waals surface area contributed by atoms with Gasteiger partial charge < -0.3 is 5.32 Å². The van der Waals surface area contributed by atoms with Crippen LogP contribution in [0.15, 0.2) is 71.7 Å². The number of nitrogens with zero attached hydrogens (tertiary/aromatic N) is 2. The number of rotatable bonds is 10. The number of alkyl halides is 3. The van der Waals surface area contributed by atoms with E-state index in [4.69, 9.17) is 0 Å². The van der Waals surface area contributed by atoms with Crippen LogP contribution in [0.4, 0.5) is 23.4 Å². The molecule has 1 heterocycles. The van der Waals surface area contributed by atoms with Gasteiger partial charge in [0.05, 0.1) is 24.0 Å². The van der Waals surface area contributed by atoms with E-state index in [0.717, 1.165) is 22.8 Å². The second-order valence-electron chi connectivity index (χ2n) is 10.7. The number of Topliss-reactive ketones (excluding diaryl/α,β-unsaturated/α-hetero) is 1. The normalized spacial score (nSPS) is 12.1. The molecule has 0 aliphatic carbocycles. The monoisotopic (exact) mass is 621 g/mol. The molecule has 0 fully saturated rings. The Morgan fingerprint density at radius 1 is 0.933 bits per heavy atom. The zero-order valence-corrected chi connectivity index (χ0v) is 25.1. The van der Waals surface area contributed by atoms with Crippen molar-refractivity contribution in [2.45, 2.75) is 53.3 Å². The van der Waals surface area contributed by atoms with Gasteiger partial charge in [-0.05, 0) is 73.0 Å². The Bertz CT molecular complexity index is 1830. The highest BCUT2D eigenvalue weighted by molar-refractivity contribution is 6.09. The maximum absolute atomic E-state index is 14.0. The molecule has 0 aliphatic heterocycles. The zero-order valence-electron chi connectivity index (χ0n) is 25.1. The van der Waals surface area contributed by atoms with E-state index in [1.165, 1.54) is 24.4 Å². The standard InChI is InChI=1S/C34H31F4N3O4/c1-5-19(3)32(44)40-31-33(45)41(28(17-39-31)27-16-23(29(42)6-2)8-7-20(27)4)18-21-13-24(15-25(14-21)34(36,37)38)30(43)22-9-11-26(35)12-10-22/h7-17,19H,5-6,18H2,1-4H3,(H,39,40,44)/t19-/m1/s1. The van der Waals surface area contributed by atoms with Crippen LogP contribution in [0.3, 0.4) is 0 Å². The van der Waals surface area contributed by atoms with Gasteiger partial charge in [0.2, 0.25) is 5.91 Å². The van der Waals surface area contributed by atoms with E-state index < -0.39 is 47.3 Å². The Labute approximate surface area is 256 Å². The first-order chi connectivity index (χ1) is 21.2. The third-order valence-corrected chi connectivity index (χ3v) is 7.54. The number of aryl methyl sites for hydroxylation is 1. The molecule has 0 aliphatic rings. The topological polar surface area (TPSA) is 98.1 Å². The van der Waals surface area contributed by atoms with Gasteiger partial charge in [0.15, 0.2) is 17.4 Å². The number of ketones is 2. The lowest BCUT2D eigenvalue weighted by Crippen LogP contribution is -2.31. The third-order valence-electron chi connectivity index (χ3n) is 7.54. The van der Waals surface area contributed by atoms with Crippen molar-refractivity contribution in [1.29, 1.82) is 0 Å². The molecule has 0 saturated carbocycles. The molecule has 0 unspecified atom stereocenters. The van der Waals surface area contributed by atoms with E-state index in [9.17, 15) is 36.7 Å². The number of hydrogen-bond acceptors (Lipinski definition) is 5. The van der Waals surface area contributed by atoms with Crippen molar-refractivity contribution in [3.8, 4) is 11.3 Å². The van der Waals surface area contributed by atoms with Crippen LogP contribution in [0.1, 0.15) is 76.6 Å². The summed E-state index contributed by atoms with van der Waals surface area (Å²) in [5.74, 6) is -2.76. The molecule has 3 aromatic carbocycles. The number of halogens is 4. The molecule has 1 atom stereocenters. The summed E-state index contributed by atoms with van der Waals surface area (Å²) in [6.07, 6.45) is -2.80. The van der Waals surface area contributed by atoms with E-state index >= 15 is 0 Å². The Morgan fingerprint density at radius 2 is 1.60 bits per heavy atom. The average Bonchev–Trinajstić information content (AvgIpc) is 3.02. The molecule has 234 valence electrons. The van der Waals surface area contributed by atoms with Gasteiger partial charge in [-0.3, -0.25) is 23.7 Å². The maximum atomic E-state index is 14.0. The summed E-state index contributed by atoms with van der Waals surface area (Å²) >= 11 is 0. The van der Waals surface area contributed by atoms with E-state index in [0.29, 0.717) is 29.2 Å². The molecular formula is C34H31F4N3O4. The van der Waals surface area contributed by atoms with Crippen molar-refractivity contribution in [3.05, 3.63) is 116 Å². The lowest BCUT2D eigenvalue weighted by molar-refractivity contribution is -0.137. The van der Waals surface area contributed by atoms with Crippen molar-refractivity contribution in [1.82, 2.24) is 9.55 Å². The molecule has 11 heteroatoms. The first kappa shape index (κ1) is 33.0. The van der Waals surface area contributed by atoms with Gasteiger partial charge in [-0.2, -0.15) is 13.2 Å². The van der Waals surface area contributed by atoms with Crippen molar-refractivity contribution < 1.29 is 31.9 Å². The minimum Gasteiger partial charge on any atom is -0.306 e. The number of aromatic nitrogens is 2. The lowest BCUT2D eigenvalue weighted by Gasteiger charge is -2.19. The van der Waals surface area contributed by atoms with Crippen LogP contribution >= 0.6 is 0 Å². The maximum Gasteiger partial charge on any atom is 0.416 e. The second kappa shape index (κ2) is 13.4. The Kier molecular flexibility index (Phi) is 9.80. The van der Waals surface area contributed by atoms with Gasteiger partial charge in [0.25, 0.3) is 5.56 Å². The van der Waals surface area contributed by atoms with Crippen molar-refractivity contribution in [3.63, 3.8) is 0 Å². The zero-order chi connectivity index (χ0) is 33.1. The number of carbonyl (C=O) groups is 3. The quantitative estimate of drug-likeness (QED) is 0.149. The largest absolute Gasteiger partial charge is 0.416 e. The Hall–Kier alpha value is -4.93. The van der Waals surface area contributed by atoms with E-state index in [1.807, 2.05) is 0 Å². The highest BCUT2D eigenvalue weighted by Gasteiger charge is 2.32. The molecule has 1 amide bonds. The van der Waals surface area contributed by atoms with E-state index in [2.05, 4.69) is 10.3 Å². The van der Waals surface area contributed by atoms with Gasteiger partial charge in [0, 0.05) is 34.6 Å². The molecule has 45 heavy (non-hydrogen) atoms. The fraction of sp³-hybridized carbons (Fsp3) is 0.265. The summed E-state index contributed by atoms with van der Waals surface area (Å²) in [5.41, 5.74) is -0.628. The number of benzene rings is 3. The van der Waals surface area contributed by atoms with Gasteiger partial charge in [0.1, 0.15) is 5.82 Å².